The van der Waals surface area contributed by atoms with Gasteiger partial charge in [0, 0.05) is 19.6 Å². The summed E-state index contributed by atoms with van der Waals surface area (Å²) in [5.74, 6) is 0.157. The highest BCUT2D eigenvalue weighted by atomic mass is 32.1. The lowest BCUT2D eigenvalue weighted by Crippen LogP contribution is -2.35. The van der Waals surface area contributed by atoms with Crippen LogP contribution in [-0.2, 0) is 11.3 Å². The van der Waals surface area contributed by atoms with Crippen LogP contribution in [0.15, 0.2) is 30.5 Å². The molecule has 3 aromatic heterocycles. The van der Waals surface area contributed by atoms with Gasteiger partial charge in [-0.1, -0.05) is 11.3 Å². The van der Waals surface area contributed by atoms with Gasteiger partial charge in [0.1, 0.15) is 16.5 Å². The van der Waals surface area contributed by atoms with Gasteiger partial charge in [0.05, 0.1) is 35.5 Å². The number of amides is 1. The molecule has 0 radical (unpaired) electrons. The number of pyridine rings is 1. The Morgan fingerprint density at radius 3 is 2.96 bits per heavy atom. The summed E-state index contributed by atoms with van der Waals surface area (Å²) in [5.41, 5.74) is 7.55. The lowest BCUT2D eigenvalue weighted by atomic mass is 10.2. The lowest BCUT2D eigenvalue weighted by Gasteiger charge is -2.26. The van der Waals surface area contributed by atoms with Crippen LogP contribution < -0.4 is 11.1 Å². The number of rotatable bonds is 6. The van der Waals surface area contributed by atoms with Crippen LogP contribution in [-0.4, -0.2) is 57.5 Å². The van der Waals surface area contributed by atoms with Gasteiger partial charge in [0.15, 0.2) is 0 Å². The summed E-state index contributed by atoms with van der Waals surface area (Å²) in [5, 5.41) is 14.2. The number of aromatic nitrogens is 4. The smallest absolute Gasteiger partial charge is 0.251 e. The summed E-state index contributed by atoms with van der Waals surface area (Å²) in [6.07, 6.45) is 1.67. The monoisotopic (exact) mass is 385 g/mol. The van der Waals surface area contributed by atoms with Crippen molar-refractivity contribution in [2.24, 2.45) is 5.73 Å². The van der Waals surface area contributed by atoms with Crippen LogP contribution in [0.5, 0.6) is 0 Å². The first-order valence-electron chi connectivity index (χ1n) is 8.52. The van der Waals surface area contributed by atoms with E-state index >= 15 is 0 Å². The maximum Gasteiger partial charge on any atom is 0.251 e. The molecule has 0 bridgehead atoms. The third kappa shape index (κ3) is 4.13. The number of primary amides is 1. The van der Waals surface area contributed by atoms with Gasteiger partial charge >= 0.3 is 0 Å². The van der Waals surface area contributed by atoms with Gasteiger partial charge in [-0.2, -0.15) is 0 Å². The Morgan fingerprint density at radius 2 is 2.22 bits per heavy atom. The molecular formula is C17H19N7O2S. The number of carbonyl (C=O) groups is 1. The average Bonchev–Trinajstić information content (AvgIpc) is 3.32. The minimum atomic E-state index is -0.507. The summed E-state index contributed by atoms with van der Waals surface area (Å²) in [4.78, 5) is 19.6. The van der Waals surface area contributed by atoms with Gasteiger partial charge < -0.3 is 15.8 Å². The number of morpholine rings is 1. The highest BCUT2D eigenvalue weighted by Crippen LogP contribution is 2.35. The molecule has 4 N–H and O–H groups in total. The van der Waals surface area contributed by atoms with Crippen LogP contribution in [0.25, 0.3) is 10.6 Å². The summed E-state index contributed by atoms with van der Waals surface area (Å²) in [6, 6.07) is 7.51. The molecule has 3 aromatic rings. The molecular weight excluding hydrogens is 366 g/mol. The molecule has 1 aliphatic rings. The number of nitrogens with one attached hydrogen (secondary N) is 2. The highest BCUT2D eigenvalue weighted by molar-refractivity contribution is 7.19. The first kappa shape index (κ1) is 17.6. The standard InChI is InChI=1S/C17H19N7O2S/c18-16(25)12-8-14(13-9-19-23-22-13)27-17(12)21-15-3-1-2-11(20-15)10-24-4-6-26-7-5-24/h1-3,8-9H,4-7,10H2,(H2,18,25)(H,20,21)(H,19,22,23). The van der Waals surface area contributed by atoms with Crippen molar-refractivity contribution in [3.05, 3.63) is 41.7 Å². The molecule has 140 valence electrons. The fraction of sp³-hybridized carbons (Fsp3) is 0.294. The van der Waals surface area contributed by atoms with E-state index in [1.807, 2.05) is 18.2 Å². The van der Waals surface area contributed by atoms with E-state index in [0.717, 1.165) is 43.4 Å². The van der Waals surface area contributed by atoms with Crippen LogP contribution in [0, 0.1) is 0 Å². The van der Waals surface area contributed by atoms with Crippen molar-refractivity contribution in [2.75, 3.05) is 31.6 Å². The molecule has 0 atom stereocenters. The molecule has 0 unspecified atom stereocenters. The quantitative estimate of drug-likeness (QED) is 0.589. The third-order valence-electron chi connectivity index (χ3n) is 4.20. The molecule has 1 aliphatic heterocycles. The van der Waals surface area contributed by atoms with Crippen LogP contribution in [0.4, 0.5) is 10.8 Å². The molecule has 1 fully saturated rings. The molecule has 10 heteroatoms. The zero-order valence-electron chi connectivity index (χ0n) is 14.5. The third-order valence-corrected chi connectivity index (χ3v) is 5.28. The fourth-order valence-corrected chi connectivity index (χ4v) is 3.88. The SMILES string of the molecule is NC(=O)c1cc(-c2c[nH]nn2)sc1Nc1cccc(CN2CCOCC2)n1. The predicted molar refractivity (Wildman–Crippen MR) is 102 cm³/mol. The summed E-state index contributed by atoms with van der Waals surface area (Å²) in [7, 11) is 0. The van der Waals surface area contributed by atoms with Crippen LogP contribution in [0.1, 0.15) is 16.1 Å². The molecule has 27 heavy (non-hydrogen) atoms. The molecule has 1 amide bonds. The Kier molecular flexibility index (Phi) is 5.10. The first-order valence-corrected chi connectivity index (χ1v) is 9.34. The Morgan fingerprint density at radius 1 is 1.37 bits per heavy atom. The Labute approximate surface area is 159 Å². The van der Waals surface area contributed by atoms with Gasteiger partial charge in [-0.15, -0.1) is 16.4 Å². The van der Waals surface area contributed by atoms with E-state index in [-0.39, 0.29) is 0 Å². The minimum absolute atomic E-state index is 0.401. The van der Waals surface area contributed by atoms with E-state index in [2.05, 4.69) is 30.6 Å². The van der Waals surface area contributed by atoms with Crippen molar-refractivity contribution in [3.63, 3.8) is 0 Å². The largest absolute Gasteiger partial charge is 0.379 e. The number of nitrogens with zero attached hydrogens (tertiary/aromatic N) is 4. The fourth-order valence-electron chi connectivity index (χ4n) is 2.86. The first-order chi connectivity index (χ1) is 13.2. The van der Waals surface area contributed by atoms with Crippen molar-refractivity contribution in [1.82, 2.24) is 25.3 Å². The van der Waals surface area contributed by atoms with Crippen LogP contribution in [0.3, 0.4) is 0 Å². The Hall–Kier alpha value is -2.82. The van der Waals surface area contributed by atoms with Crippen LogP contribution in [0.2, 0.25) is 0 Å². The minimum Gasteiger partial charge on any atom is -0.379 e. The lowest BCUT2D eigenvalue weighted by molar-refractivity contribution is 0.0337. The number of hydrogen-bond acceptors (Lipinski definition) is 8. The predicted octanol–water partition coefficient (Wildman–Crippen LogP) is 1.60. The number of ether oxygens (including phenoxy) is 1. The number of aromatic amines is 1. The second-order valence-corrected chi connectivity index (χ2v) is 7.16. The zero-order chi connectivity index (χ0) is 18.6. The molecule has 0 spiro atoms. The summed E-state index contributed by atoms with van der Waals surface area (Å²) < 4.78 is 5.38. The maximum absolute atomic E-state index is 11.8. The van der Waals surface area contributed by atoms with E-state index in [1.165, 1.54) is 11.3 Å². The topological polar surface area (TPSA) is 122 Å². The van der Waals surface area contributed by atoms with Crippen molar-refractivity contribution < 1.29 is 9.53 Å². The second-order valence-electron chi connectivity index (χ2n) is 6.10. The van der Waals surface area contributed by atoms with Crippen LogP contribution >= 0.6 is 11.3 Å². The Balaban J connectivity index is 1.55. The molecule has 0 aliphatic carbocycles. The Bertz CT molecular complexity index is 919. The van der Waals surface area contributed by atoms with E-state index in [9.17, 15) is 4.79 Å². The van der Waals surface area contributed by atoms with Gasteiger partial charge in [-0.25, -0.2) is 4.98 Å². The number of hydrogen-bond donors (Lipinski definition) is 3. The highest BCUT2D eigenvalue weighted by Gasteiger charge is 2.17. The number of anilines is 2. The molecule has 9 nitrogen and oxygen atoms in total. The van der Waals surface area contributed by atoms with Gasteiger partial charge in [0.25, 0.3) is 5.91 Å². The van der Waals surface area contributed by atoms with Gasteiger partial charge in [0.2, 0.25) is 0 Å². The number of carbonyl (C=O) groups excluding carboxylic acids is 1. The molecule has 0 aromatic carbocycles. The van der Waals surface area contributed by atoms with Crippen molar-refractivity contribution in [1.29, 1.82) is 0 Å². The van der Waals surface area contributed by atoms with E-state index in [0.29, 0.717) is 22.1 Å². The number of nitrogens with two attached hydrogens (primary N) is 1. The molecule has 4 heterocycles. The second kappa shape index (κ2) is 7.82. The molecule has 4 rings (SSSR count). The van der Waals surface area contributed by atoms with Crippen molar-refractivity contribution in [2.45, 2.75) is 6.54 Å². The summed E-state index contributed by atoms with van der Waals surface area (Å²) >= 11 is 1.38. The molecule has 0 saturated carbocycles. The maximum atomic E-state index is 11.8. The molecule has 1 saturated heterocycles. The average molecular weight is 385 g/mol. The van der Waals surface area contributed by atoms with Crippen molar-refractivity contribution in [3.8, 4) is 10.6 Å². The van der Waals surface area contributed by atoms with Crippen molar-refractivity contribution >= 4 is 28.1 Å². The van der Waals surface area contributed by atoms with E-state index < -0.39 is 5.91 Å². The number of thiophene rings is 1. The normalized spacial score (nSPS) is 15.0. The summed E-state index contributed by atoms with van der Waals surface area (Å²) in [6.45, 7) is 4.06. The zero-order valence-corrected chi connectivity index (χ0v) is 15.3. The number of H-pyrrole nitrogens is 1. The van der Waals surface area contributed by atoms with Gasteiger partial charge in [-0.05, 0) is 18.2 Å². The van der Waals surface area contributed by atoms with Gasteiger partial charge in [-0.3, -0.25) is 14.8 Å². The van der Waals surface area contributed by atoms with E-state index in [4.69, 9.17) is 10.5 Å². The van der Waals surface area contributed by atoms with E-state index in [1.54, 1.807) is 12.3 Å².